The molecule has 0 saturated heterocycles. The van der Waals surface area contributed by atoms with Gasteiger partial charge in [0, 0.05) is 17.5 Å². The molecule has 6 heteroatoms. The van der Waals surface area contributed by atoms with Crippen LogP contribution in [0.4, 0.5) is 8.78 Å². The van der Waals surface area contributed by atoms with Crippen molar-refractivity contribution < 1.29 is 18.3 Å². The van der Waals surface area contributed by atoms with E-state index >= 15 is 0 Å². The Bertz CT molecular complexity index is 415. The normalized spacial score (nSPS) is 12.3. The Balaban J connectivity index is 2.61. The van der Waals surface area contributed by atoms with Crippen molar-refractivity contribution >= 4 is 17.5 Å². The third-order valence-corrected chi connectivity index (χ3v) is 2.74. The SMILES string of the molecule is CC(CCCCl)NC(=O)c1cccc(OC(F)F)c1. The minimum absolute atomic E-state index is 0.0223. The Morgan fingerprint density at radius 1 is 1.47 bits per heavy atom. The average Bonchev–Trinajstić information content (AvgIpc) is 2.35. The molecule has 0 saturated carbocycles. The van der Waals surface area contributed by atoms with E-state index in [1.165, 1.54) is 18.2 Å². The number of nitrogens with one attached hydrogen (secondary N) is 1. The third-order valence-electron chi connectivity index (χ3n) is 2.47. The zero-order valence-corrected chi connectivity index (χ0v) is 11.3. The lowest BCUT2D eigenvalue weighted by Gasteiger charge is -2.13. The first-order chi connectivity index (χ1) is 9.02. The Morgan fingerprint density at radius 2 is 2.21 bits per heavy atom. The van der Waals surface area contributed by atoms with Crippen molar-refractivity contribution in [3.8, 4) is 5.75 Å². The number of hydrogen-bond donors (Lipinski definition) is 1. The van der Waals surface area contributed by atoms with E-state index in [9.17, 15) is 13.6 Å². The van der Waals surface area contributed by atoms with Crippen LogP contribution in [0.25, 0.3) is 0 Å². The van der Waals surface area contributed by atoms with Crippen LogP contribution >= 0.6 is 11.6 Å². The Kier molecular flexibility index (Phi) is 6.56. The van der Waals surface area contributed by atoms with Crippen molar-refractivity contribution in [1.29, 1.82) is 0 Å². The molecule has 106 valence electrons. The predicted octanol–water partition coefficient (Wildman–Crippen LogP) is 3.43. The van der Waals surface area contributed by atoms with E-state index in [0.29, 0.717) is 5.88 Å². The molecule has 0 aliphatic heterocycles. The van der Waals surface area contributed by atoms with E-state index in [-0.39, 0.29) is 23.3 Å². The van der Waals surface area contributed by atoms with Crippen LogP contribution in [0.2, 0.25) is 0 Å². The summed E-state index contributed by atoms with van der Waals surface area (Å²) < 4.78 is 28.4. The molecule has 0 radical (unpaired) electrons. The van der Waals surface area contributed by atoms with Crippen molar-refractivity contribution in [2.75, 3.05) is 5.88 Å². The van der Waals surface area contributed by atoms with E-state index < -0.39 is 6.61 Å². The van der Waals surface area contributed by atoms with Gasteiger partial charge in [0.25, 0.3) is 5.91 Å². The average molecular weight is 292 g/mol. The lowest BCUT2D eigenvalue weighted by molar-refractivity contribution is -0.0498. The molecule has 1 unspecified atom stereocenters. The number of benzene rings is 1. The van der Waals surface area contributed by atoms with Gasteiger partial charge in [-0.05, 0) is 38.0 Å². The number of alkyl halides is 3. The van der Waals surface area contributed by atoms with E-state index in [1.54, 1.807) is 6.07 Å². The zero-order valence-electron chi connectivity index (χ0n) is 10.5. The highest BCUT2D eigenvalue weighted by Gasteiger charge is 2.11. The molecular weight excluding hydrogens is 276 g/mol. The maximum absolute atomic E-state index is 12.1. The first-order valence-electron chi connectivity index (χ1n) is 5.94. The number of hydrogen-bond acceptors (Lipinski definition) is 2. The first-order valence-corrected chi connectivity index (χ1v) is 6.48. The molecule has 1 N–H and O–H groups in total. The topological polar surface area (TPSA) is 38.3 Å². The lowest BCUT2D eigenvalue weighted by atomic mass is 10.1. The quantitative estimate of drug-likeness (QED) is 0.782. The van der Waals surface area contributed by atoms with Crippen molar-refractivity contribution in [1.82, 2.24) is 5.32 Å². The van der Waals surface area contributed by atoms with Crippen LogP contribution in [0.3, 0.4) is 0 Å². The zero-order chi connectivity index (χ0) is 14.3. The monoisotopic (exact) mass is 291 g/mol. The molecular formula is C13H16ClF2NO2. The van der Waals surface area contributed by atoms with E-state index in [0.717, 1.165) is 12.8 Å². The molecule has 0 fully saturated rings. The van der Waals surface area contributed by atoms with Crippen LogP contribution < -0.4 is 10.1 Å². The highest BCUT2D eigenvalue weighted by molar-refractivity contribution is 6.17. The highest BCUT2D eigenvalue weighted by Crippen LogP contribution is 2.16. The molecule has 0 spiro atoms. The van der Waals surface area contributed by atoms with Crippen LogP contribution in [0, 0.1) is 0 Å². The van der Waals surface area contributed by atoms with Gasteiger partial charge in [-0.3, -0.25) is 4.79 Å². The molecule has 1 aromatic rings. The summed E-state index contributed by atoms with van der Waals surface area (Å²) in [6.45, 7) is -1.04. The Labute approximate surface area is 115 Å². The number of carbonyl (C=O) groups excluding carboxylic acids is 1. The molecule has 0 aliphatic rings. The summed E-state index contributed by atoms with van der Waals surface area (Å²) >= 11 is 5.57. The van der Waals surface area contributed by atoms with Crippen LogP contribution in [-0.4, -0.2) is 24.4 Å². The van der Waals surface area contributed by atoms with E-state index in [4.69, 9.17) is 11.6 Å². The Hall–Kier alpha value is -1.36. The van der Waals surface area contributed by atoms with Crippen molar-refractivity contribution in [2.45, 2.75) is 32.4 Å². The molecule has 1 amide bonds. The van der Waals surface area contributed by atoms with Crippen molar-refractivity contribution in [3.05, 3.63) is 29.8 Å². The molecule has 1 rings (SSSR count). The van der Waals surface area contributed by atoms with Crippen molar-refractivity contribution in [2.24, 2.45) is 0 Å². The van der Waals surface area contributed by atoms with Gasteiger partial charge in [0.05, 0.1) is 0 Å². The highest BCUT2D eigenvalue weighted by atomic mass is 35.5. The Morgan fingerprint density at radius 3 is 2.84 bits per heavy atom. The van der Waals surface area contributed by atoms with Gasteiger partial charge in [-0.1, -0.05) is 6.07 Å². The van der Waals surface area contributed by atoms with Gasteiger partial charge in [-0.2, -0.15) is 8.78 Å². The predicted molar refractivity (Wildman–Crippen MR) is 70.0 cm³/mol. The van der Waals surface area contributed by atoms with Gasteiger partial charge in [-0.25, -0.2) is 0 Å². The standard InChI is InChI=1S/C13H16ClF2NO2/c1-9(4-3-7-14)17-12(18)10-5-2-6-11(8-10)19-13(15)16/h2,5-6,8-9,13H,3-4,7H2,1H3,(H,17,18). The fourth-order valence-corrected chi connectivity index (χ4v) is 1.73. The molecule has 0 aliphatic carbocycles. The summed E-state index contributed by atoms with van der Waals surface area (Å²) in [5, 5.41) is 2.77. The van der Waals surface area contributed by atoms with Gasteiger partial charge in [-0.15, -0.1) is 11.6 Å². The summed E-state index contributed by atoms with van der Waals surface area (Å²) in [5.74, 6) is 0.190. The van der Waals surface area contributed by atoms with Gasteiger partial charge >= 0.3 is 6.61 Å². The summed E-state index contributed by atoms with van der Waals surface area (Å²) in [6.07, 6.45) is 1.57. The molecule has 3 nitrogen and oxygen atoms in total. The second-order valence-electron chi connectivity index (χ2n) is 4.11. The largest absolute Gasteiger partial charge is 0.435 e. The maximum atomic E-state index is 12.1. The summed E-state index contributed by atoms with van der Waals surface area (Å²) in [4.78, 5) is 11.9. The number of halogens is 3. The summed E-state index contributed by atoms with van der Waals surface area (Å²) in [7, 11) is 0. The van der Waals surface area contributed by atoms with Crippen LogP contribution in [0.1, 0.15) is 30.1 Å². The third kappa shape index (κ3) is 5.87. The smallest absolute Gasteiger partial charge is 0.387 e. The van der Waals surface area contributed by atoms with E-state index in [2.05, 4.69) is 10.1 Å². The molecule has 0 aromatic heterocycles. The number of amides is 1. The fourth-order valence-electron chi connectivity index (χ4n) is 1.58. The maximum Gasteiger partial charge on any atom is 0.387 e. The van der Waals surface area contributed by atoms with Gasteiger partial charge in [0.1, 0.15) is 5.75 Å². The van der Waals surface area contributed by atoms with Gasteiger partial charge < -0.3 is 10.1 Å². The van der Waals surface area contributed by atoms with Gasteiger partial charge in [0.2, 0.25) is 0 Å². The second kappa shape index (κ2) is 7.94. The molecule has 0 bridgehead atoms. The molecule has 0 heterocycles. The van der Waals surface area contributed by atoms with Crippen molar-refractivity contribution in [3.63, 3.8) is 0 Å². The van der Waals surface area contributed by atoms with Crippen LogP contribution in [0.15, 0.2) is 24.3 Å². The second-order valence-corrected chi connectivity index (χ2v) is 4.49. The minimum Gasteiger partial charge on any atom is -0.435 e. The molecule has 1 atom stereocenters. The number of ether oxygens (including phenoxy) is 1. The lowest BCUT2D eigenvalue weighted by Crippen LogP contribution is -2.32. The summed E-state index contributed by atoms with van der Waals surface area (Å²) in [5.41, 5.74) is 0.288. The number of carbonyl (C=O) groups is 1. The summed E-state index contributed by atoms with van der Waals surface area (Å²) in [6, 6.07) is 5.68. The van der Waals surface area contributed by atoms with Gasteiger partial charge in [0.15, 0.2) is 0 Å². The number of rotatable bonds is 7. The minimum atomic E-state index is -2.90. The molecule has 19 heavy (non-hydrogen) atoms. The van der Waals surface area contributed by atoms with E-state index in [1.807, 2.05) is 6.92 Å². The first kappa shape index (κ1) is 15.7. The molecule has 1 aromatic carbocycles. The van der Waals surface area contributed by atoms with Crippen LogP contribution in [0.5, 0.6) is 5.75 Å². The fraction of sp³-hybridized carbons (Fsp3) is 0.462. The van der Waals surface area contributed by atoms with Crippen LogP contribution in [-0.2, 0) is 0 Å².